The van der Waals surface area contributed by atoms with Gasteiger partial charge in [-0.05, 0) is 42.9 Å². The quantitative estimate of drug-likeness (QED) is 0.707. The Morgan fingerprint density at radius 3 is 2.68 bits per heavy atom. The second-order valence-corrected chi connectivity index (χ2v) is 6.32. The predicted molar refractivity (Wildman–Crippen MR) is 92.0 cm³/mol. The molecule has 0 aromatic heterocycles. The monoisotopic (exact) mass is 347 g/mol. The number of rotatable bonds is 7. The Morgan fingerprint density at radius 1 is 1.16 bits per heavy atom. The van der Waals surface area contributed by atoms with E-state index in [1.807, 2.05) is 23.1 Å². The molecule has 0 N–H and O–H groups in total. The van der Waals surface area contributed by atoms with Crippen molar-refractivity contribution in [3.63, 3.8) is 0 Å². The minimum absolute atomic E-state index is 0.0923. The van der Waals surface area contributed by atoms with Crippen molar-refractivity contribution in [3.8, 4) is 0 Å². The van der Waals surface area contributed by atoms with Gasteiger partial charge >= 0.3 is 11.9 Å². The van der Waals surface area contributed by atoms with Crippen LogP contribution in [0, 0.1) is 5.92 Å². The van der Waals surface area contributed by atoms with Gasteiger partial charge in [0.25, 0.3) is 0 Å². The van der Waals surface area contributed by atoms with Crippen LogP contribution < -0.4 is 0 Å². The number of methoxy groups -OCH3 is 2. The van der Waals surface area contributed by atoms with Crippen molar-refractivity contribution in [2.75, 3.05) is 27.3 Å². The Balaban J connectivity index is 1.81. The van der Waals surface area contributed by atoms with Gasteiger partial charge in [0.1, 0.15) is 0 Å². The molecule has 0 spiro atoms. The average Bonchev–Trinajstić information content (AvgIpc) is 3.09. The van der Waals surface area contributed by atoms with E-state index in [4.69, 9.17) is 4.74 Å². The maximum absolute atomic E-state index is 12.2. The summed E-state index contributed by atoms with van der Waals surface area (Å²) in [6.07, 6.45) is 2.95. The molecule has 1 amide bonds. The summed E-state index contributed by atoms with van der Waals surface area (Å²) in [5.74, 6) is -0.138. The zero-order chi connectivity index (χ0) is 18.2. The highest BCUT2D eigenvalue weighted by atomic mass is 16.5. The smallest absolute Gasteiger partial charge is 0.337 e. The van der Waals surface area contributed by atoms with Crippen LogP contribution in [0.1, 0.15) is 41.6 Å². The number of benzene rings is 1. The lowest BCUT2D eigenvalue weighted by Gasteiger charge is -2.16. The van der Waals surface area contributed by atoms with Crippen molar-refractivity contribution < 1.29 is 23.9 Å². The number of carbonyl (C=O) groups is 3. The Labute approximate surface area is 148 Å². The molecule has 1 heterocycles. The van der Waals surface area contributed by atoms with Gasteiger partial charge in [-0.3, -0.25) is 9.59 Å². The summed E-state index contributed by atoms with van der Waals surface area (Å²) in [5, 5.41) is 0. The van der Waals surface area contributed by atoms with Crippen LogP contribution in [0.2, 0.25) is 0 Å². The van der Waals surface area contributed by atoms with Gasteiger partial charge in [0.05, 0.1) is 19.8 Å². The standard InChI is InChI=1S/C19H25NO5/c1-24-18(22)8-4-7-17(21)20-10-9-15(13-20)11-14-5-3-6-16(12-14)19(23)25-2/h3,5-6,12,15H,4,7-11,13H2,1-2H3. The van der Waals surface area contributed by atoms with Gasteiger partial charge in [0, 0.05) is 25.9 Å². The molecule has 0 aliphatic carbocycles. The van der Waals surface area contributed by atoms with E-state index in [-0.39, 0.29) is 24.3 Å². The van der Waals surface area contributed by atoms with Crippen molar-refractivity contribution in [1.29, 1.82) is 0 Å². The van der Waals surface area contributed by atoms with E-state index >= 15 is 0 Å². The first-order valence-corrected chi connectivity index (χ1v) is 8.55. The number of ether oxygens (including phenoxy) is 2. The molecule has 1 saturated heterocycles. The van der Waals surface area contributed by atoms with Gasteiger partial charge in [0.15, 0.2) is 0 Å². The molecule has 1 unspecified atom stereocenters. The summed E-state index contributed by atoms with van der Waals surface area (Å²) < 4.78 is 9.33. The minimum Gasteiger partial charge on any atom is -0.469 e. The largest absolute Gasteiger partial charge is 0.469 e. The topological polar surface area (TPSA) is 72.9 Å². The summed E-state index contributed by atoms with van der Waals surface area (Å²) in [7, 11) is 2.72. The van der Waals surface area contributed by atoms with Crippen molar-refractivity contribution in [2.24, 2.45) is 5.92 Å². The lowest BCUT2D eigenvalue weighted by atomic mass is 9.97. The molecule has 1 fully saturated rings. The molecular weight excluding hydrogens is 322 g/mol. The second-order valence-electron chi connectivity index (χ2n) is 6.32. The zero-order valence-electron chi connectivity index (χ0n) is 14.8. The molecule has 1 atom stereocenters. The Morgan fingerprint density at radius 2 is 1.96 bits per heavy atom. The van der Waals surface area contributed by atoms with Crippen molar-refractivity contribution in [1.82, 2.24) is 4.90 Å². The van der Waals surface area contributed by atoms with E-state index in [1.165, 1.54) is 14.2 Å². The highest BCUT2D eigenvalue weighted by Crippen LogP contribution is 2.22. The van der Waals surface area contributed by atoms with E-state index in [9.17, 15) is 14.4 Å². The van der Waals surface area contributed by atoms with Gasteiger partial charge in [-0.15, -0.1) is 0 Å². The zero-order valence-corrected chi connectivity index (χ0v) is 14.8. The molecule has 2 rings (SSSR count). The number of nitrogens with zero attached hydrogens (tertiary/aromatic N) is 1. The Hall–Kier alpha value is -2.37. The van der Waals surface area contributed by atoms with Crippen LogP contribution in [0.15, 0.2) is 24.3 Å². The molecule has 25 heavy (non-hydrogen) atoms. The van der Waals surface area contributed by atoms with E-state index in [1.54, 1.807) is 6.07 Å². The average molecular weight is 347 g/mol. The Bertz CT molecular complexity index is 628. The van der Waals surface area contributed by atoms with E-state index in [2.05, 4.69) is 4.74 Å². The number of hydrogen-bond donors (Lipinski definition) is 0. The van der Waals surface area contributed by atoms with Crippen LogP contribution in [-0.2, 0) is 25.5 Å². The molecule has 6 nitrogen and oxygen atoms in total. The van der Waals surface area contributed by atoms with Gasteiger partial charge < -0.3 is 14.4 Å². The van der Waals surface area contributed by atoms with Gasteiger partial charge in [-0.2, -0.15) is 0 Å². The first-order chi connectivity index (χ1) is 12.0. The summed E-state index contributed by atoms with van der Waals surface area (Å²) in [6.45, 7) is 1.47. The van der Waals surface area contributed by atoms with Crippen molar-refractivity contribution in [3.05, 3.63) is 35.4 Å². The maximum Gasteiger partial charge on any atom is 0.337 e. The lowest BCUT2D eigenvalue weighted by molar-refractivity contribution is -0.140. The number of hydrogen-bond acceptors (Lipinski definition) is 5. The van der Waals surface area contributed by atoms with Gasteiger partial charge in [-0.25, -0.2) is 4.79 Å². The highest BCUT2D eigenvalue weighted by molar-refractivity contribution is 5.89. The van der Waals surface area contributed by atoms with Crippen LogP contribution in [0.4, 0.5) is 0 Å². The van der Waals surface area contributed by atoms with Gasteiger partial charge in [-0.1, -0.05) is 12.1 Å². The Kier molecular flexibility index (Phi) is 6.98. The molecule has 0 radical (unpaired) electrons. The molecule has 136 valence electrons. The summed E-state index contributed by atoms with van der Waals surface area (Å²) in [4.78, 5) is 36.8. The molecular formula is C19H25NO5. The van der Waals surface area contributed by atoms with Crippen LogP contribution in [-0.4, -0.2) is 50.1 Å². The lowest BCUT2D eigenvalue weighted by Crippen LogP contribution is -2.28. The van der Waals surface area contributed by atoms with Crippen molar-refractivity contribution in [2.45, 2.75) is 32.1 Å². The first kappa shape index (κ1) is 19.0. The third-order valence-corrected chi connectivity index (χ3v) is 4.51. The molecule has 1 aromatic rings. The normalized spacial score (nSPS) is 16.6. The van der Waals surface area contributed by atoms with Crippen LogP contribution in [0.25, 0.3) is 0 Å². The molecule has 0 bridgehead atoms. The fourth-order valence-corrected chi connectivity index (χ4v) is 3.15. The van der Waals surface area contributed by atoms with Gasteiger partial charge in [0.2, 0.25) is 5.91 Å². The number of carbonyl (C=O) groups excluding carboxylic acids is 3. The molecule has 1 aliphatic rings. The van der Waals surface area contributed by atoms with Crippen LogP contribution in [0.5, 0.6) is 0 Å². The van der Waals surface area contributed by atoms with E-state index in [0.29, 0.717) is 24.3 Å². The predicted octanol–water partition coefficient (Wildman–Crippen LogP) is 2.21. The molecule has 1 aromatic carbocycles. The molecule has 0 saturated carbocycles. The maximum atomic E-state index is 12.2. The minimum atomic E-state index is -0.337. The van der Waals surface area contributed by atoms with Crippen molar-refractivity contribution >= 4 is 17.8 Å². The van der Waals surface area contributed by atoms with E-state index < -0.39 is 0 Å². The number of amides is 1. The third-order valence-electron chi connectivity index (χ3n) is 4.51. The van der Waals surface area contributed by atoms with Crippen LogP contribution in [0.3, 0.4) is 0 Å². The summed E-state index contributed by atoms with van der Waals surface area (Å²) >= 11 is 0. The second kappa shape index (κ2) is 9.20. The SMILES string of the molecule is COC(=O)CCCC(=O)N1CCC(Cc2cccc(C(=O)OC)c2)C1. The molecule has 6 heteroatoms. The number of likely N-dealkylation sites (tertiary alicyclic amines) is 1. The fraction of sp³-hybridized carbons (Fsp3) is 0.526. The fourth-order valence-electron chi connectivity index (χ4n) is 3.15. The first-order valence-electron chi connectivity index (χ1n) is 8.55. The highest BCUT2D eigenvalue weighted by Gasteiger charge is 2.26. The third kappa shape index (κ3) is 5.59. The number of esters is 2. The van der Waals surface area contributed by atoms with E-state index in [0.717, 1.165) is 31.5 Å². The van der Waals surface area contributed by atoms with Crippen LogP contribution >= 0.6 is 0 Å². The molecule has 1 aliphatic heterocycles. The summed E-state index contributed by atoms with van der Waals surface area (Å²) in [6, 6.07) is 7.44. The summed E-state index contributed by atoms with van der Waals surface area (Å²) in [5.41, 5.74) is 1.63.